The van der Waals surface area contributed by atoms with Gasteiger partial charge < -0.3 is 15.6 Å². The third-order valence-electron chi connectivity index (χ3n) is 3.07. The lowest BCUT2D eigenvalue weighted by Crippen LogP contribution is -2.17. The maximum absolute atomic E-state index is 4.45. The number of hydrogen-bond donors (Lipinski definition) is 3. The van der Waals surface area contributed by atoms with Gasteiger partial charge in [0.15, 0.2) is 11.5 Å². The summed E-state index contributed by atoms with van der Waals surface area (Å²) in [6.45, 7) is 6.65. The summed E-state index contributed by atoms with van der Waals surface area (Å²) in [5, 5.41) is 6.40. The van der Waals surface area contributed by atoms with Crippen molar-refractivity contribution >= 4 is 22.9 Å². The number of H-pyrrole nitrogens is 1. The van der Waals surface area contributed by atoms with Gasteiger partial charge in [0.05, 0.1) is 6.33 Å². The van der Waals surface area contributed by atoms with Crippen LogP contribution in [0, 0.1) is 5.92 Å². The van der Waals surface area contributed by atoms with Crippen molar-refractivity contribution in [2.24, 2.45) is 5.92 Å². The van der Waals surface area contributed by atoms with E-state index in [-0.39, 0.29) is 0 Å². The minimum absolute atomic E-state index is 0.369. The van der Waals surface area contributed by atoms with Gasteiger partial charge in [0, 0.05) is 13.1 Å². The molecule has 104 valence electrons. The van der Waals surface area contributed by atoms with Crippen LogP contribution in [-0.2, 0) is 0 Å². The molecular weight excluding hydrogens is 240 g/mol. The average Bonchev–Trinajstić information content (AvgIpc) is 2.84. The van der Waals surface area contributed by atoms with Gasteiger partial charge in [-0.25, -0.2) is 4.98 Å². The Morgan fingerprint density at radius 2 is 2.00 bits per heavy atom. The molecule has 0 fully saturated rings. The quantitative estimate of drug-likeness (QED) is 0.746. The van der Waals surface area contributed by atoms with Gasteiger partial charge in [-0.2, -0.15) is 9.97 Å². The van der Waals surface area contributed by atoms with Crippen LogP contribution >= 0.6 is 0 Å². The molecule has 1 atom stereocenters. The number of imidazole rings is 1. The van der Waals surface area contributed by atoms with E-state index in [0.29, 0.717) is 17.6 Å². The minimum atomic E-state index is 0.369. The first-order valence-corrected chi connectivity index (χ1v) is 6.75. The number of nitrogens with zero attached hydrogens (tertiary/aromatic N) is 3. The molecule has 2 heterocycles. The second-order valence-electron chi connectivity index (χ2n) is 5.26. The van der Waals surface area contributed by atoms with E-state index in [1.54, 1.807) is 13.4 Å². The summed E-state index contributed by atoms with van der Waals surface area (Å²) < 4.78 is 0. The summed E-state index contributed by atoms with van der Waals surface area (Å²) in [5.41, 5.74) is 1.54. The number of anilines is 2. The zero-order valence-electron chi connectivity index (χ0n) is 12.0. The Hall–Kier alpha value is -1.85. The first-order chi connectivity index (χ1) is 9.10. The van der Waals surface area contributed by atoms with Crippen LogP contribution in [-0.4, -0.2) is 33.0 Å². The third-order valence-corrected chi connectivity index (χ3v) is 3.07. The Kier molecular flexibility index (Phi) is 4.19. The largest absolute Gasteiger partial charge is 0.366 e. The van der Waals surface area contributed by atoms with Crippen LogP contribution in [0.1, 0.15) is 33.6 Å². The molecule has 6 nitrogen and oxygen atoms in total. The van der Waals surface area contributed by atoms with E-state index in [9.17, 15) is 0 Å². The number of hydrogen-bond acceptors (Lipinski definition) is 5. The predicted octanol–water partition coefficient (Wildman–Crippen LogP) is 2.63. The first-order valence-electron chi connectivity index (χ1n) is 6.75. The van der Waals surface area contributed by atoms with E-state index in [1.165, 1.54) is 6.42 Å². The monoisotopic (exact) mass is 262 g/mol. The van der Waals surface area contributed by atoms with Gasteiger partial charge in [-0.3, -0.25) is 0 Å². The normalized spacial score (nSPS) is 12.9. The van der Waals surface area contributed by atoms with E-state index in [0.717, 1.165) is 23.7 Å². The van der Waals surface area contributed by atoms with Gasteiger partial charge in [-0.15, -0.1) is 0 Å². The minimum Gasteiger partial charge on any atom is -0.366 e. The molecule has 0 aromatic carbocycles. The molecule has 0 saturated carbocycles. The highest BCUT2D eigenvalue weighted by Crippen LogP contribution is 2.20. The molecule has 0 amide bonds. The predicted molar refractivity (Wildman–Crippen MR) is 78.4 cm³/mol. The van der Waals surface area contributed by atoms with E-state index < -0.39 is 0 Å². The molecule has 6 heteroatoms. The molecular formula is C13H22N6. The Morgan fingerprint density at radius 1 is 1.21 bits per heavy atom. The molecule has 1 unspecified atom stereocenters. The van der Waals surface area contributed by atoms with Gasteiger partial charge in [0.2, 0.25) is 5.95 Å². The molecule has 0 saturated heterocycles. The lowest BCUT2D eigenvalue weighted by Gasteiger charge is -2.16. The van der Waals surface area contributed by atoms with Gasteiger partial charge >= 0.3 is 0 Å². The molecule has 0 bridgehead atoms. The maximum atomic E-state index is 4.45. The Balaban J connectivity index is 2.16. The van der Waals surface area contributed by atoms with Crippen LogP contribution in [0.5, 0.6) is 0 Å². The Labute approximate surface area is 113 Å². The van der Waals surface area contributed by atoms with Crippen molar-refractivity contribution in [3.8, 4) is 0 Å². The second kappa shape index (κ2) is 5.86. The molecule has 0 radical (unpaired) electrons. The van der Waals surface area contributed by atoms with Crippen molar-refractivity contribution in [1.82, 2.24) is 19.9 Å². The van der Waals surface area contributed by atoms with Gasteiger partial charge in [0.1, 0.15) is 5.52 Å². The number of aromatic nitrogens is 4. The topological polar surface area (TPSA) is 78.5 Å². The van der Waals surface area contributed by atoms with Crippen LogP contribution in [0.2, 0.25) is 0 Å². The van der Waals surface area contributed by atoms with Crippen molar-refractivity contribution in [3.05, 3.63) is 6.33 Å². The van der Waals surface area contributed by atoms with Gasteiger partial charge in [0.25, 0.3) is 0 Å². The van der Waals surface area contributed by atoms with E-state index in [4.69, 9.17) is 0 Å². The molecule has 0 aliphatic carbocycles. The fraction of sp³-hybridized carbons (Fsp3) is 0.615. The summed E-state index contributed by atoms with van der Waals surface area (Å²) in [6.07, 6.45) is 3.96. The molecule has 2 aromatic heterocycles. The summed E-state index contributed by atoms with van der Waals surface area (Å²) in [4.78, 5) is 16.0. The summed E-state index contributed by atoms with van der Waals surface area (Å²) in [6, 6.07) is 0.369. The van der Waals surface area contributed by atoms with Crippen LogP contribution in [0.25, 0.3) is 11.2 Å². The third kappa shape index (κ3) is 3.33. The second-order valence-corrected chi connectivity index (χ2v) is 5.26. The van der Waals surface area contributed by atoms with Crippen LogP contribution < -0.4 is 10.6 Å². The SMILES string of the molecule is CNc1nc(NC(C)CCC(C)C)c2[nH]cnc2n1. The fourth-order valence-electron chi connectivity index (χ4n) is 1.94. The zero-order chi connectivity index (χ0) is 13.8. The number of aromatic amines is 1. The number of nitrogens with one attached hydrogen (secondary N) is 3. The highest BCUT2D eigenvalue weighted by atomic mass is 15.2. The summed E-state index contributed by atoms with van der Waals surface area (Å²) in [7, 11) is 1.81. The van der Waals surface area contributed by atoms with Crippen molar-refractivity contribution < 1.29 is 0 Å². The summed E-state index contributed by atoms with van der Waals surface area (Å²) >= 11 is 0. The van der Waals surface area contributed by atoms with Gasteiger partial charge in [-0.05, 0) is 25.7 Å². The van der Waals surface area contributed by atoms with Crippen molar-refractivity contribution in [2.45, 2.75) is 39.7 Å². The fourth-order valence-corrected chi connectivity index (χ4v) is 1.94. The van der Waals surface area contributed by atoms with E-state index in [1.807, 2.05) is 0 Å². The Bertz CT molecular complexity index is 533. The van der Waals surface area contributed by atoms with E-state index >= 15 is 0 Å². The zero-order valence-corrected chi connectivity index (χ0v) is 12.0. The number of fused-ring (bicyclic) bond motifs is 1. The highest BCUT2D eigenvalue weighted by molar-refractivity contribution is 5.83. The van der Waals surface area contributed by atoms with Crippen LogP contribution in [0.4, 0.5) is 11.8 Å². The maximum Gasteiger partial charge on any atom is 0.226 e. The molecule has 0 spiro atoms. The standard InChI is InChI=1S/C13H22N6/c1-8(2)5-6-9(3)17-12-10-11(16-7-15-10)18-13(14-4)19-12/h7-9H,5-6H2,1-4H3,(H3,14,15,16,17,18,19). The molecule has 2 aromatic rings. The molecule has 19 heavy (non-hydrogen) atoms. The molecule has 2 rings (SSSR count). The smallest absolute Gasteiger partial charge is 0.226 e. The van der Waals surface area contributed by atoms with E-state index in [2.05, 4.69) is 51.3 Å². The highest BCUT2D eigenvalue weighted by Gasteiger charge is 2.12. The van der Waals surface area contributed by atoms with Crippen molar-refractivity contribution in [2.75, 3.05) is 17.7 Å². The van der Waals surface area contributed by atoms with Crippen LogP contribution in [0.15, 0.2) is 6.33 Å². The van der Waals surface area contributed by atoms with Crippen LogP contribution in [0.3, 0.4) is 0 Å². The average molecular weight is 262 g/mol. The molecule has 0 aliphatic heterocycles. The first kappa shape index (κ1) is 13.6. The number of rotatable bonds is 6. The van der Waals surface area contributed by atoms with Crippen molar-refractivity contribution in [3.63, 3.8) is 0 Å². The lowest BCUT2D eigenvalue weighted by atomic mass is 10.0. The molecule has 0 aliphatic rings. The van der Waals surface area contributed by atoms with Gasteiger partial charge in [-0.1, -0.05) is 13.8 Å². The Morgan fingerprint density at radius 3 is 2.68 bits per heavy atom. The van der Waals surface area contributed by atoms with Crippen molar-refractivity contribution in [1.29, 1.82) is 0 Å². The lowest BCUT2D eigenvalue weighted by molar-refractivity contribution is 0.527. The molecule has 3 N–H and O–H groups in total. The summed E-state index contributed by atoms with van der Waals surface area (Å²) in [5.74, 6) is 2.11.